The average molecular weight is 243 g/mol. The zero-order valence-electron chi connectivity index (χ0n) is 8.25. The molecule has 2 heterocycles. The SMILES string of the molecule is O=C(O)c1nnc(C(=O)N2CCOCC2)s1. The Morgan fingerprint density at radius 2 is 1.88 bits per heavy atom. The average Bonchev–Trinajstić information content (AvgIpc) is 2.78. The van der Waals surface area contributed by atoms with Crippen molar-refractivity contribution >= 4 is 23.2 Å². The van der Waals surface area contributed by atoms with E-state index in [9.17, 15) is 9.59 Å². The number of morpholine rings is 1. The topological polar surface area (TPSA) is 92.6 Å². The minimum Gasteiger partial charge on any atom is -0.476 e. The van der Waals surface area contributed by atoms with Gasteiger partial charge in [0.1, 0.15) is 0 Å². The highest BCUT2D eigenvalue weighted by Crippen LogP contribution is 2.13. The van der Waals surface area contributed by atoms with Gasteiger partial charge in [0.15, 0.2) is 0 Å². The molecule has 7 nitrogen and oxygen atoms in total. The molecule has 2 rings (SSSR count). The normalized spacial score (nSPS) is 16.1. The molecule has 0 unspecified atom stereocenters. The van der Waals surface area contributed by atoms with Crippen LogP contribution in [0.4, 0.5) is 0 Å². The fourth-order valence-electron chi connectivity index (χ4n) is 1.30. The number of hydrogen-bond acceptors (Lipinski definition) is 6. The summed E-state index contributed by atoms with van der Waals surface area (Å²) in [6, 6.07) is 0. The highest BCUT2D eigenvalue weighted by molar-refractivity contribution is 7.15. The molecule has 1 saturated heterocycles. The summed E-state index contributed by atoms with van der Waals surface area (Å²) in [6.45, 7) is 1.99. The summed E-state index contributed by atoms with van der Waals surface area (Å²) in [5.41, 5.74) is 0. The summed E-state index contributed by atoms with van der Waals surface area (Å²) in [4.78, 5) is 24.0. The fraction of sp³-hybridized carbons (Fsp3) is 0.500. The van der Waals surface area contributed by atoms with Crippen molar-refractivity contribution in [3.63, 3.8) is 0 Å². The van der Waals surface area contributed by atoms with E-state index in [1.807, 2.05) is 0 Å². The maximum Gasteiger partial charge on any atom is 0.367 e. The summed E-state index contributed by atoms with van der Waals surface area (Å²) in [6.07, 6.45) is 0. The second kappa shape index (κ2) is 4.54. The standard InChI is InChI=1S/C8H9N3O4S/c12-7(11-1-3-15-4-2-11)5-9-10-6(16-5)8(13)14/h1-4H2,(H,13,14). The van der Waals surface area contributed by atoms with Crippen LogP contribution < -0.4 is 0 Å². The summed E-state index contributed by atoms with van der Waals surface area (Å²) in [5.74, 6) is -1.45. The van der Waals surface area contributed by atoms with Gasteiger partial charge in [0.05, 0.1) is 13.2 Å². The number of aromatic carboxylic acids is 1. The Morgan fingerprint density at radius 1 is 1.25 bits per heavy atom. The summed E-state index contributed by atoms with van der Waals surface area (Å²) in [5, 5.41) is 15.6. The van der Waals surface area contributed by atoms with Crippen molar-refractivity contribution in [3.8, 4) is 0 Å². The zero-order chi connectivity index (χ0) is 11.5. The highest BCUT2D eigenvalue weighted by atomic mass is 32.1. The van der Waals surface area contributed by atoms with Crippen LogP contribution >= 0.6 is 11.3 Å². The lowest BCUT2D eigenvalue weighted by molar-refractivity contribution is 0.0302. The maximum atomic E-state index is 11.8. The third kappa shape index (κ3) is 2.17. The number of carbonyl (C=O) groups is 2. The van der Waals surface area contributed by atoms with Crippen molar-refractivity contribution in [2.45, 2.75) is 0 Å². The molecule has 0 atom stereocenters. The molecule has 1 amide bonds. The van der Waals surface area contributed by atoms with Crippen molar-refractivity contribution < 1.29 is 19.4 Å². The Bertz CT molecular complexity index is 413. The molecule has 0 saturated carbocycles. The first-order valence-electron chi connectivity index (χ1n) is 4.62. The van der Waals surface area contributed by atoms with Gasteiger partial charge in [-0.15, -0.1) is 10.2 Å². The highest BCUT2D eigenvalue weighted by Gasteiger charge is 2.23. The number of ether oxygens (including phenoxy) is 1. The van der Waals surface area contributed by atoms with Crippen molar-refractivity contribution in [1.29, 1.82) is 0 Å². The number of hydrogen-bond donors (Lipinski definition) is 1. The van der Waals surface area contributed by atoms with Gasteiger partial charge in [0.2, 0.25) is 10.0 Å². The largest absolute Gasteiger partial charge is 0.476 e. The predicted octanol–water partition coefficient (Wildman–Crippen LogP) is -0.291. The third-order valence-corrected chi connectivity index (χ3v) is 2.99. The van der Waals surface area contributed by atoms with Crippen LogP contribution in [0.1, 0.15) is 19.6 Å². The molecule has 1 aliphatic rings. The van der Waals surface area contributed by atoms with Crippen LogP contribution in [0.15, 0.2) is 0 Å². The first kappa shape index (κ1) is 11.0. The zero-order valence-corrected chi connectivity index (χ0v) is 9.07. The van der Waals surface area contributed by atoms with E-state index in [0.29, 0.717) is 26.3 Å². The van der Waals surface area contributed by atoms with Crippen LogP contribution in [0, 0.1) is 0 Å². The number of carboxylic acid groups (broad SMARTS) is 1. The Labute approximate surface area is 94.7 Å². The quantitative estimate of drug-likeness (QED) is 0.767. The molecule has 0 spiro atoms. The molecule has 1 aromatic rings. The van der Waals surface area contributed by atoms with Crippen LogP contribution in [-0.2, 0) is 4.74 Å². The molecule has 0 aliphatic carbocycles. The minimum atomic E-state index is -1.17. The van der Waals surface area contributed by atoms with Crippen molar-refractivity contribution in [3.05, 3.63) is 10.0 Å². The molecule has 1 N–H and O–H groups in total. The van der Waals surface area contributed by atoms with E-state index in [2.05, 4.69) is 10.2 Å². The molecular formula is C8H9N3O4S. The van der Waals surface area contributed by atoms with Gasteiger partial charge in [0, 0.05) is 13.1 Å². The molecule has 0 radical (unpaired) electrons. The Morgan fingerprint density at radius 3 is 2.44 bits per heavy atom. The van der Waals surface area contributed by atoms with E-state index >= 15 is 0 Å². The van der Waals surface area contributed by atoms with E-state index in [0.717, 1.165) is 11.3 Å². The molecular weight excluding hydrogens is 234 g/mol. The van der Waals surface area contributed by atoms with Crippen LogP contribution in [0.5, 0.6) is 0 Å². The first-order valence-corrected chi connectivity index (χ1v) is 5.44. The summed E-state index contributed by atoms with van der Waals surface area (Å²) >= 11 is 0.789. The van der Waals surface area contributed by atoms with Crippen molar-refractivity contribution in [1.82, 2.24) is 15.1 Å². The second-order valence-electron chi connectivity index (χ2n) is 3.12. The van der Waals surface area contributed by atoms with Gasteiger partial charge in [-0.05, 0) is 0 Å². The molecule has 0 bridgehead atoms. The van der Waals surface area contributed by atoms with Gasteiger partial charge in [-0.1, -0.05) is 11.3 Å². The van der Waals surface area contributed by atoms with Crippen molar-refractivity contribution in [2.75, 3.05) is 26.3 Å². The molecule has 1 aromatic heterocycles. The smallest absolute Gasteiger partial charge is 0.367 e. The maximum absolute atomic E-state index is 11.8. The predicted molar refractivity (Wildman–Crippen MR) is 53.6 cm³/mol. The monoisotopic (exact) mass is 243 g/mol. The van der Waals surface area contributed by atoms with Crippen LogP contribution in [0.3, 0.4) is 0 Å². The molecule has 8 heteroatoms. The number of nitrogens with zero attached hydrogens (tertiary/aromatic N) is 3. The van der Waals surface area contributed by atoms with Crippen LogP contribution in [0.25, 0.3) is 0 Å². The number of aromatic nitrogens is 2. The van der Waals surface area contributed by atoms with E-state index in [1.165, 1.54) is 0 Å². The second-order valence-corrected chi connectivity index (χ2v) is 4.10. The number of carbonyl (C=O) groups excluding carboxylic acids is 1. The van der Waals surface area contributed by atoms with E-state index in [1.54, 1.807) is 4.90 Å². The van der Waals surface area contributed by atoms with E-state index in [4.69, 9.17) is 9.84 Å². The van der Waals surface area contributed by atoms with Gasteiger partial charge in [-0.3, -0.25) is 4.79 Å². The Kier molecular flexibility index (Phi) is 3.11. The first-order chi connectivity index (χ1) is 7.68. The third-order valence-electron chi connectivity index (χ3n) is 2.09. The van der Waals surface area contributed by atoms with Crippen molar-refractivity contribution in [2.24, 2.45) is 0 Å². The lowest BCUT2D eigenvalue weighted by Crippen LogP contribution is -2.40. The fourth-order valence-corrected chi connectivity index (χ4v) is 1.95. The summed E-state index contributed by atoms with van der Waals surface area (Å²) < 4.78 is 5.11. The lowest BCUT2D eigenvalue weighted by atomic mass is 10.4. The lowest BCUT2D eigenvalue weighted by Gasteiger charge is -2.25. The van der Waals surface area contributed by atoms with Gasteiger partial charge < -0.3 is 14.7 Å². The molecule has 0 aromatic carbocycles. The van der Waals surface area contributed by atoms with Gasteiger partial charge in [0.25, 0.3) is 5.91 Å². The molecule has 1 aliphatic heterocycles. The Hall–Kier alpha value is -1.54. The van der Waals surface area contributed by atoms with Crippen LogP contribution in [-0.4, -0.2) is 58.4 Å². The molecule has 86 valence electrons. The molecule has 16 heavy (non-hydrogen) atoms. The van der Waals surface area contributed by atoms with Crippen LogP contribution in [0.2, 0.25) is 0 Å². The number of amides is 1. The van der Waals surface area contributed by atoms with Gasteiger partial charge in [-0.25, -0.2) is 4.79 Å². The Balaban J connectivity index is 2.10. The summed E-state index contributed by atoms with van der Waals surface area (Å²) in [7, 11) is 0. The number of rotatable bonds is 2. The molecule has 1 fully saturated rings. The van der Waals surface area contributed by atoms with E-state index in [-0.39, 0.29) is 15.9 Å². The van der Waals surface area contributed by atoms with Gasteiger partial charge >= 0.3 is 5.97 Å². The van der Waals surface area contributed by atoms with Gasteiger partial charge in [-0.2, -0.15) is 0 Å². The van der Waals surface area contributed by atoms with E-state index < -0.39 is 5.97 Å². The number of carboxylic acids is 1. The minimum absolute atomic E-state index is 0.110.